The second-order valence-electron chi connectivity index (χ2n) is 1.23. The molecule has 3 heteroatoms. The van der Waals surface area contributed by atoms with Crippen LogP contribution in [-0.4, -0.2) is 15.9 Å². The molecule has 42 valence electrons. The van der Waals surface area contributed by atoms with E-state index in [0.717, 1.165) is 0 Å². The highest BCUT2D eigenvalue weighted by molar-refractivity contribution is 9.18. The first-order chi connectivity index (χ1) is 3.18. The van der Waals surface area contributed by atoms with Gasteiger partial charge in [-0.3, -0.25) is 4.79 Å². The summed E-state index contributed by atoms with van der Waals surface area (Å²) in [6, 6.07) is 0. The molecule has 0 aliphatic carbocycles. The van der Waals surface area contributed by atoms with Gasteiger partial charge in [0.1, 0.15) is 6.10 Å². The molecule has 0 aromatic rings. The molecule has 0 aromatic heterocycles. The Morgan fingerprint density at radius 2 is 2.43 bits per heavy atom. The van der Waals surface area contributed by atoms with Crippen molar-refractivity contribution in [3.05, 3.63) is 0 Å². The van der Waals surface area contributed by atoms with E-state index in [1.165, 1.54) is 0 Å². The number of rotatable bonds is 2. The summed E-state index contributed by atoms with van der Waals surface area (Å²) in [5.74, 6) is 0. The Morgan fingerprint density at radius 3 is 2.43 bits per heavy atom. The van der Waals surface area contributed by atoms with E-state index in [1.54, 1.807) is 6.92 Å². The van der Waals surface area contributed by atoms with E-state index in [1.807, 2.05) is 0 Å². The van der Waals surface area contributed by atoms with Crippen LogP contribution >= 0.6 is 15.9 Å². The molecule has 0 amide bonds. The third-order valence-corrected chi connectivity index (χ3v) is 1.18. The number of carbonyl (C=O) groups excluding carboxylic acids is 1. The zero-order valence-corrected chi connectivity index (χ0v) is 5.60. The first-order valence-electron chi connectivity index (χ1n) is 2.06. The molecule has 0 aromatic carbocycles. The number of carbonyl (C=O) groups is 1. The Hall–Kier alpha value is 0.110. The lowest BCUT2D eigenvalue weighted by molar-refractivity contribution is -0.117. The summed E-state index contributed by atoms with van der Waals surface area (Å²) < 4.78 is -0.338. The summed E-state index contributed by atoms with van der Waals surface area (Å²) in [7, 11) is 0. The van der Waals surface area contributed by atoms with Gasteiger partial charge >= 0.3 is 0 Å². The van der Waals surface area contributed by atoms with E-state index in [2.05, 4.69) is 15.9 Å². The van der Waals surface area contributed by atoms with Crippen molar-refractivity contribution in [2.45, 2.75) is 19.4 Å². The minimum Gasteiger partial charge on any atom is -0.384 e. The van der Waals surface area contributed by atoms with Crippen molar-refractivity contribution in [1.29, 1.82) is 0 Å². The van der Waals surface area contributed by atoms with Crippen molar-refractivity contribution in [3.63, 3.8) is 0 Å². The van der Waals surface area contributed by atoms with E-state index >= 15 is 0 Å². The first kappa shape index (κ1) is 7.11. The predicted molar refractivity (Wildman–Crippen MR) is 30.2 cm³/mol. The van der Waals surface area contributed by atoms with Gasteiger partial charge in [-0.1, -0.05) is 6.92 Å². The molecule has 2 nitrogen and oxygen atoms in total. The molecule has 1 unspecified atom stereocenters. The van der Waals surface area contributed by atoms with Gasteiger partial charge in [0.15, 0.2) is 0 Å². The van der Waals surface area contributed by atoms with Crippen LogP contribution in [0.25, 0.3) is 0 Å². The summed E-state index contributed by atoms with van der Waals surface area (Å²) in [6.45, 7) is 1.74. The van der Waals surface area contributed by atoms with Crippen LogP contribution in [0.2, 0.25) is 0 Å². The van der Waals surface area contributed by atoms with Crippen LogP contribution in [0.3, 0.4) is 0 Å². The average molecular weight is 167 g/mol. The van der Waals surface area contributed by atoms with Gasteiger partial charge in [0.2, 0.25) is 4.69 Å². The van der Waals surface area contributed by atoms with Crippen LogP contribution in [0, 0.1) is 0 Å². The maximum atomic E-state index is 10.0. The lowest BCUT2D eigenvalue weighted by Gasteiger charge is -1.95. The highest BCUT2D eigenvalue weighted by atomic mass is 79.9. The fourth-order valence-corrected chi connectivity index (χ4v) is 0.484. The minimum absolute atomic E-state index is 0.338. The summed E-state index contributed by atoms with van der Waals surface area (Å²) in [6.07, 6.45) is -0.343. The van der Waals surface area contributed by atoms with Crippen LogP contribution in [0.4, 0.5) is 0 Å². The molecule has 7 heavy (non-hydrogen) atoms. The predicted octanol–water partition coefficient (Wildman–Crippen LogP) is 0.679. The maximum absolute atomic E-state index is 10.0. The van der Waals surface area contributed by atoms with Crippen LogP contribution < -0.4 is 0 Å². The van der Waals surface area contributed by atoms with Crippen LogP contribution in [0.15, 0.2) is 0 Å². The van der Waals surface area contributed by atoms with Crippen molar-refractivity contribution >= 4 is 20.6 Å². The molecule has 0 heterocycles. The SMILES string of the molecule is CCC(O)C(=O)Br. The number of hydrogen-bond donors (Lipinski definition) is 1. The van der Waals surface area contributed by atoms with Crippen molar-refractivity contribution in [3.8, 4) is 0 Å². The first-order valence-corrected chi connectivity index (χ1v) is 2.85. The van der Waals surface area contributed by atoms with Crippen molar-refractivity contribution in [2.75, 3.05) is 0 Å². The fraction of sp³-hybridized carbons (Fsp3) is 0.750. The summed E-state index contributed by atoms with van der Waals surface area (Å²) in [5.41, 5.74) is 0. The minimum atomic E-state index is -0.819. The third-order valence-electron chi connectivity index (χ3n) is 0.649. The summed E-state index contributed by atoms with van der Waals surface area (Å²) in [5, 5.41) is 8.54. The normalized spacial score (nSPS) is 13.6. The van der Waals surface area contributed by atoms with E-state index in [9.17, 15) is 4.79 Å². The third kappa shape index (κ3) is 2.76. The second-order valence-corrected chi connectivity index (χ2v) is 2.01. The van der Waals surface area contributed by atoms with Crippen LogP contribution in [0.1, 0.15) is 13.3 Å². The highest BCUT2D eigenvalue weighted by Crippen LogP contribution is 1.96. The maximum Gasteiger partial charge on any atom is 0.226 e. The van der Waals surface area contributed by atoms with E-state index in [0.29, 0.717) is 6.42 Å². The smallest absolute Gasteiger partial charge is 0.226 e. The molecular weight excluding hydrogens is 160 g/mol. The van der Waals surface area contributed by atoms with Gasteiger partial charge in [-0.15, -0.1) is 0 Å². The molecule has 0 radical (unpaired) electrons. The van der Waals surface area contributed by atoms with Gasteiger partial charge in [0, 0.05) is 0 Å². The van der Waals surface area contributed by atoms with E-state index in [-0.39, 0.29) is 4.69 Å². The molecule has 1 atom stereocenters. The molecule has 0 fully saturated rings. The largest absolute Gasteiger partial charge is 0.384 e. The lowest BCUT2D eigenvalue weighted by atomic mass is 10.3. The second kappa shape index (κ2) is 3.16. The molecule has 0 rings (SSSR count). The molecule has 0 saturated carbocycles. The quantitative estimate of drug-likeness (QED) is 0.614. The Bertz CT molecular complexity index is 72.1. The van der Waals surface area contributed by atoms with Crippen molar-refractivity contribution in [1.82, 2.24) is 0 Å². The number of halogens is 1. The Morgan fingerprint density at radius 1 is 2.00 bits per heavy atom. The lowest BCUT2D eigenvalue weighted by Crippen LogP contribution is -2.11. The molecule has 0 bridgehead atoms. The van der Waals surface area contributed by atoms with Crippen LogP contribution in [-0.2, 0) is 4.79 Å². The van der Waals surface area contributed by atoms with Gasteiger partial charge in [0.25, 0.3) is 0 Å². The van der Waals surface area contributed by atoms with E-state index < -0.39 is 6.10 Å². The van der Waals surface area contributed by atoms with Gasteiger partial charge in [-0.25, -0.2) is 0 Å². The van der Waals surface area contributed by atoms with E-state index in [4.69, 9.17) is 5.11 Å². The fourth-order valence-electron chi connectivity index (χ4n) is 0.160. The highest BCUT2D eigenvalue weighted by Gasteiger charge is 2.05. The molecule has 0 aliphatic rings. The summed E-state index contributed by atoms with van der Waals surface area (Å²) >= 11 is 2.61. The number of aliphatic hydroxyl groups is 1. The van der Waals surface area contributed by atoms with Gasteiger partial charge < -0.3 is 5.11 Å². The molecule has 0 saturated heterocycles. The number of aliphatic hydroxyl groups excluding tert-OH is 1. The zero-order valence-electron chi connectivity index (χ0n) is 4.02. The Labute approximate surface area is 50.7 Å². The molecule has 0 spiro atoms. The van der Waals surface area contributed by atoms with Gasteiger partial charge in [-0.2, -0.15) is 0 Å². The van der Waals surface area contributed by atoms with Crippen LogP contribution in [0.5, 0.6) is 0 Å². The van der Waals surface area contributed by atoms with Gasteiger partial charge in [-0.05, 0) is 22.4 Å². The average Bonchev–Trinajstić information content (AvgIpc) is 1.65. The monoisotopic (exact) mass is 166 g/mol. The molecular formula is C4H7BrO2. The Balaban J connectivity index is 3.34. The van der Waals surface area contributed by atoms with Gasteiger partial charge in [0.05, 0.1) is 0 Å². The molecule has 0 aliphatic heterocycles. The summed E-state index contributed by atoms with van der Waals surface area (Å²) in [4.78, 5) is 10.0. The molecule has 1 N–H and O–H groups in total. The zero-order chi connectivity index (χ0) is 5.86. The number of hydrogen-bond acceptors (Lipinski definition) is 2. The topological polar surface area (TPSA) is 37.3 Å². The Kier molecular flexibility index (Phi) is 3.21. The van der Waals surface area contributed by atoms with Crippen molar-refractivity contribution in [2.24, 2.45) is 0 Å². The standard InChI is InChI=1S/C4H7BrO2/c1-2-3(6)4(5)7/h3,6H,2H2,1H3. The van der Waals surface area contributed by atoms with Crippen molar-refractivity contribution < 1.29 is 9.90 Å².